The molecular weight excluding hydrogens is 462 g/mol. The van der Waals surface area contributed by atoms with E-state index in [4.69, 9.17) is 9.47 Å². The van der Waals surface area contributed by atoms with Crippen LogP contribution < -0.4 is 14.4 Å². The van der Waals surface area contributed by atoms with Gasteiger partial charge < -0.3 is 24.2 Å². The molecule has 37 heavy (non-hydrogen) atoms. The van der Waals surface area contributed by atoms with E-state index in [1.165, 1.54) is 0 Å². The van der Waals surface area contributed by atoms with Crippen LogP contribution in [0.5, 0.6) is 11.5 Å². The predicted octanol–water partition coefficient (Wildman–Crippen LogP) is 5.08. The summed E-state index contributed by atoms with van der Waals surface area (Å²) in [5.74, 6) is 1.62. The maximum Gasteiger partial charge on any atom is 0.187 e. The summed E-state index contributed by atoms with van der Waals surface area (Å²) in [4.78, 5) is 20.4. The summed E-state index contributed by atoms with van der Waals surface area (Å²) in [7, 11) is 9.55. The van der Waals surface area contributed by atoms with E-state index in [-0.39, 0.29) is 5.78 Å². The van der Waals surface area contributed by atoms with E-state index in [2.05, 4.69) is 39.9 Å². The number of ketones is 1. The molecule has 6 heteroatoms. The molecule has 0 amide bonds. The Balaban J connectivity index is 1.70. The van der Waals surface area contributed by atoms with Gasteiger partial charge in [-0.05, 0) is 68.7 Å². The van der Waals surface area contributed by atoms with Crippen molar-refractivity contribution < 1.29 is 14.3 Å². The second kappa shape index (κ2) is 12.1. The van der Waals surface area contributed by atoms with E-state index in [0.29, 0.717) is 5.56 Å². The minimum absolute atomic E-state index is 0.0179. The number of rotatable bonds is 9. The molecule has 1 heterocycles. The second-order valence-electron chi connectivity index (χ2n) is 9.73. The minimum Gasteiger partial charge on any atom is -0.496 e. The average molecular weight is 500 g/mol. The molecule has 1 fully saturated rings. The fraction of sp³-hybridized carbons (Fsp3) is 0.323. The Hall–Kier alpha value is -3.61. The fourth-order valence-electron chi connectivity index (χ4n) is 4.74. The van der Waals surface area contributed by atoms with E-state index in [1.807, 2.05) is 62.6 Å². The second-order valence-corrected chi connectivity index (χ2v) is 9.73. The van der Waals surface area contributed by atoms with Gasteiger partial charge in [-0.15, -0.1) is 0 Å². The SMILES string of the molecule is COc1ccc(/C=C/C(=O)c2cc(-c3ccccc3OC)ccc2N2CCN(C)CC2)cc1CN(C)C. The minimum atomic E-state index is -0.0179. The number of ether oxygens (including phenoxy) is 2. The third kappa shape index (κ3) is 6.40. The number of carbonyl (C=O) groups excluding carboxylic acids is 1. The highest BCUT2D eigenvalue weighted by atomic mass is 16.5. The maximum atomic E-state index is 13.7. The summed E-state index contributed by atoms with van der Waals surface area (Å²) in [6.07, 6.45) is 3.58. The quantitative estimate of drug-likeness (QED) is 0.302. The van der Waals surface area contributed by atoms with Crippen LogP contribution in [-0.4, -0.2) is 77.1 Å². The van der Waals surface area contributed by atoms with Crippen LogP contribution in [-0.2, 0) is 6.54 Å². The van der Waals surface area contributed by atoms with Crippen molar-refractivity contribution in [1.29, 1.82) is 0 Å². The zero-order chi connectivity index (χ0) is 26.4. The molecule has 194 valence electrons. The van der Waals surface area contributed by atoms with E-state index in [1.54, 1.807) is 20.3 Å². The zero-order valence-electron chi connectivity index (χ0n) is 22.5. The van der Waals surface area contributed by atoms with Crippen LogP contribution in [0.3, 0.4) is 0 Å². The summed E-state index contributed by atoms with van der Waals surface area (Å²) in [5.41, 5.74) is 5.66. The van der Waals surface area contributed by atoms with E-state index in [9.17, 15) is 4.79 Å². The molecule has 0 unspecified atom stereocenters. The number of piperazine rings is 1. The first-order valence-electron chi connectivity index (χ1n) is 12.6. The van der Waals surface area contributed by atoms with Crippen molar-refractivity contribution >= 4 is 17.5 Å². The Morgan fingerprint density at radius 1 is 0.919 bits per heavy atom. The molecule has 1 saturated heterocycles. The van der Waals surface area contributed by atoms with Crippen LogP contribution in [0.15, 0.2) is 66.7 Å². The number of allylic oxidation sites excluding steroid dienone is 1. The van der Waals surface area contributed by atoms with Crippen molar-refractivity contribution in [2.24, 2.45) is 0 Å². The Morgan fingerprint density at radius 2 is 1.65 bits per heavy atom. The van der Waals surface area contributed by atoms with Crippen molar-refractivity contribution in [3.63, 3.8) is 0 Å². The number of hydrogen-bond donors (Lipinski definition) is 0. The number of methoxy groups -OCH3 is 2. The fourth-order valence-corrected chi connectivity index (χ4v) is 4.74. The largest absolute Gasteiger partial charge is 0.496 e. The van der Waals surface area contributed by atoms with E-state index in [0.717, 1.165) is 72.2 Å². The molecule has 6 nitrogen and oxygen atoms in total. The highest BCUT2D eigenvalue weighted by Gasteiger charge is 2.21. The lowest BCUT2D eigenvalue weighted by molar-refractivity contribution is 0.104. The van der Waals surface area contributed by atoms with E-state index >= 15 is 0 Å². The molecule has 0 atom stereocenters. The highest BCUT2D eigenvalue weighted by molar-refractivity contribution is 6.11. The molecule has 3 aromatic rings. The van der Waals surface area contributed by atoms with Crippen LogP contribution in [0.1, 0.15) is 21.5 Å². The third-order valence-electron chi connectivity index (χ3n) is 6.74. The van der Waals surface area contributed by atoms with Crippen molar-refractivity contribution in [1.82, 2.24) is 9.80 Å². The average Bonchev–Trinajstić information content (AvgIpc) is 2.91. The predicted molar refractivity (Wildman–Crippen MR) is 152 cm³/mol. The smallest absolute Gasteiger partial charge is 0.187 e. The first kappa shape index (κ1) is 26.5. The van der Waals surface area contributed by atoms with Gasteiger partial charge in [0.25, 0.3) is 0 Å². The lowest BCUT2D eigenvalue weighted by Gasteiger charge is -2.35. The summed E-state index contributed by atoms with van der Waals surface area (Å²) < 4.78 is 11.1. The van der Waals surface area contributed by atoms with Gasteiger partial charge in [0.2, 0.25) is 0 Å². The van der Waals surface area contributed by atoms with Gasteiger partial charge in [-0.25, -0.2) is 0 Å². The first-order valence-corrected chi connectivity index (χ1v) is 12.6. The summed E-state index contributed by atoms with van der Waals surface area (Å²) in [5, 5.41) is 0. The molecular formula is C31H37N3O3. The van der Waals surface area contributed by atoms with Gasteiger partial charge >= 0.3 is 0 Å². The molecule has 0 radical (unpaired) electrons. The van der Waals surface area contributed by atoms with Crippen LogP contribution >= 0.6 is 0 Å². The van der Waals surface area contributed by atoms with Crippen molar-refractivity contribution in [2.45, 2.75) is 6.54 Å². The molecule has 0 aliphatic carbocycles. The van der Waals surface area contributed by atoms with Crippen molar-refractivity contribution in [3.8, 4) is 22.6 Å². The Kier molecular flexibility index (Phi) is 8.64. The number of carbonyl (C=O) groups is 1. The monoisotopic (exact) mass is 499 g/mol. The molecule has 1 aliphatic heterocycles. The standard InChI is InChI=1S/C31H37N3O3/c1-32(2)22-25-20-23(11-15-30(25)36-4)10-14-29(35)27-21-24(26-8-6-7-9-31(26)37-5)12-13-28(27)34-18-16-33(3)17-19-34/h6-15,20-21H,16-19,22H2,1-5H3/b14-10+. The van der Waals surface area contributed by atoms with Gasteiger partial charge in [-0.1, -0.05) is 36.4 Å². The highest BCUT2D eigenvalue weighted by Crippen LogP contribution is 2.34. The molecule has 4 rings (SSSR count). The van der Waals surface area contributed by atoms with Crippen LogP contribution in [0, 0.1) is 0 Å². The van der Waals surface area contributed by atoms with Crippen molar-refractivity contribution in [2.75, 3.05) is 66.4 Å². The van der Waals surface area contributed by atoms with Gasteiger partial charge in [-0.3, -0.25) is 4.79 Å². The lowest BCUT2D eigenvalue weighted by Crippen LogP contribution is -2.45. The first-order chi connectivity index (χ1) is 17.9. The summed E-state index contributed by atoms with van der Waals surface area (Å²) in [6.45, 7) is 4.48. The third-order valence-corrected chi connectivity index (χ3v) is 6.74. The van der Waals surface area contributed by atoms with E-state index < -0.39 is 0 Å². The van der Waals surface area contributed by atoms with Gasteiger partial charge in [-0.2, -0.15) is 0 Å². The normalized spacial score (nSPS) is 14.4. The van der Waals surface area contributed by atoms with Gasteiger partial charge in [0.15, 0.2) is 5.78 Å². The van der Waals surface area contributed by atoms with Crippen molar-refractivity contribution in [3.05, 3.63) is 83.4 Å². The number of benzene rings is 3. The Labute approximate surface area is 220 Å². The lowest BCUT2D eigenvalue weighted by atomic mass is 9.97. The Bertz CT molecular complexity index is 1260. The number of anilines is 1. The molecule has 0 spiro atoms. The topological polar surface area (TPSA) is 45.3 Å². The van der Waals surface area contributed by atoms with Gasteiger partial charge in [0.1, 0.15) is 11.5 Å². The Morgan fingerprint density at radius 3 is 2.35 bits per heavy atom. The summed E-state index contributed by atoms with van der Waals surface area (Å²) in [6, 6.07) is 20.1. The zero-order valence-corrected chi connectivity index (χ0v) is 22.5. The number of hydrogen-bond acceptors (Lipinski definition) is 6. The number of nitrogens with zero attached hydrogens (tertiary/aromatic N) is 3. The van der Waals surface area contributed by atoms with Gasteiger partial charge in [0.05, 0.1) is 14.2 Å². The molecule has 0 aromatic heterocycles. The molecule has 0 saturated carbocycles. The molecule has 0 N–H and O–H groups in total. The number of para-hydroxylation sites is 1. The van der Waals surface area contributed by atoms with Crippen LogP contribution in [0.4, 0.5) is 5.69 Å². The maximum absolute atomic E-state index is 13.7. The van der Waals surface area contributed by atoms with Crippen LogP contribution in [0.2, 0.25) is 0 Å². The molecule has 0 bridgehead atoms. The summed E-state index contributed by atoms with van der Waals surface area (Å²) >= 11 is 0. The number of likely N-dealkylation sites (N-methyl/N-ethyl adjacent to an activating group) is 1. The van der Waals surface area contributed by atoms with Crippen LogP contribution in [0.25, 0.3) is 17.2 Å². The molecule has 1 aliphatic rings. The molecule has 3 aromatic carbocycles. The van der Waals surface area contributed by atoms with Gasteiger partial charge in [0, 0.05) is 55.1 Å².